The van der Waals surface area contributed by atoms with Gasteiger partial charge in [0, 0.05) is 61.1 Å². The molecule has 18 nitrogen and oxygen atoms in total. The summed E-state index contributed by atoms with van der Waals surface area (Å²) in [5.74, 6) is -6.26. The standard InChI is InChI=1S/C28H38O18S/c1-11(29)37-9-19-21(23(39-13(3)31)25(41-15(5)33)27(44-19)43-17(7)35)46-28-26(42-16(6)34)24(40-14(4)32)22(38-12(2)30)20(45-28)10-47-18(8)36/h19-28H,9-10H2,1-8H3/t19-,20-,21-,22-,23+,24+,25-,26-,27+,28+/m1/s1. The van der Waals surface area contributed by atoms with Crippen LogP contribution in [0.2, 0.25) is 0 Å². The van der Waals surface area contributed by atoms with Crippen molar-refractivity contribution in [3.05, 3.63) is 0 Å². The molecular formula is C28H38O18S. The number of hydrogen-bond donors (Lipinski definition) is 0. The highest BCUT2D eigenvalue weighted by Gasteiger charge is 2.57. The highest BCUT2D eigenvalue weighted by atomic mass is 32.2. The lowest BCUT2D eigenvalue weighted by Gasteiger charge is -2.48. The van der Waals surface area contributed by atoms with Gasteiger partial charge in [0.05, 0.1) is 0 Å². The molecule has 2 aliphatic heterocycles. The number of thioether (sulfide) groups is 1. The lowest BCUT2D eigenvalue weighted by molar-refractivity contribution is -0.354. The third-order valence-corrected chi connectivity index (χ3v) is 7.07. The Balaban J connectivity index is 2.73. The molecule has 0 aromatic carbocycles. The lowest BCUT2D eigenvalue weighted by Crippen LogP contribution is -2.67. The van der Waals surface area contributed by atoms with Gasteiger partial charge in [-0.1, -0.05) is 11.8 Å². The van der Waals surface area contributed by atoms with Crippen molar-refractivity contribution >= 4 is 58.7 Å². The molecule has 0 bridgehead atoms. The van der Waals surface area contributed by atoms with E-state index in [0.717, 1.165) is 60.2 Å². The summed E-state index contributed by atoms with van der Waals surface area (Å²) in [6.45, 7) is 7.97. The molecule has 2 fully saturated rings. The van der Waals surface area contributed by atoms with Crippen LogP contribution in [0.3, 0.4) is 0 Å². The van der Waals surface area contributed by atoms with Gasteiger partial charge in [0.2, 0.25) is 12.4 Å². The SMILES string of the molecule is CC(=O)OC[C@H]1O[C@H](OC(C)=O)[C@H](OC(C)=O)[C@@H](OC(C)=O)[C@@H]1O[C@@H]1O[C@H](CSC(C)=O)[C@@H](OC(C)=O)[C@H](OC(C)=O)[C@H]1OC(C)=O. The van der Waals surface area contributed by atoms with Crippen LogP contribution in [0.15, 0.2) is 0 Å². The molecule has 0 aromatic heterocycles. The number of carbonyl (C=O) groups excluding carboxylic acids is 8. The van der Waals surface area contributed by atoms with E-state index in [2.05, 4.69) is 0 Å². The fourth-order valence-electron chi connectivity index (χ4n) is 4.73. The van der Waals surface area contributed by atoms with Crippen LogP contribution < -0.4 is 0 Å². The van der Waals surface area contributed by atoms with Gasteiger partial charge in [-0.25, -0.2) is 0 Å². The quantitative estimate of drug-likeness (QED) is 0.192. The van der Waals surface area contributed by atoms with Crippen LogP contribution >= 0.6 is 11.8 Å². The first-order valence-corrected chi connectivity index (χ1v) is 15.1. The molecule has 2 rings (SSSR count). The summed E-state index contributed by atoms with van der Waals surface area (Å²) < 4.78 is 55.5. The van der Waals surface area contributed by atoms with Crippen molar-refractivity contribution in [3.8, 4) is 0 Å². The van der Waals surface area contributed by atoms with Gasteiger partial charge in [-0.2, -0.15) is 0 Å². The second kappa shape index (κ2) is 17.9. The zero-order valence-corrected chi connectivity index (χ0v) is 27.8. The topological polar surface area (TPSA) is 229 Å². The molecular weight excluding hydrogens is 656 g/mol. The first-order chi connectivity index (χ1) is 21.9. The van der Waals surface area contributed by atoms with Crippen molar-refractivity contribution in [1.82, 2.24) is 0 Å². The monoisotopic (exact) mass is 694 g/mol. The number of hydrogen-bond acceptors (Lipinski definition) is 19. The van der Waals surface area contributed by atoms with E-state index >= 15 is 0 Å². The van der Waals surface area contributed by atoms with Gasteiger partial charge in [0.15, 0.2) is 35.8 Å². The molecule has 0 N–H and O–H groups in total. The highest BCUT2D eigenvalue weighted by Crippen LogP contribution is 2.36. The molecule has 0 aromatic rings. The van der Waals surface area contributed by atoms with Crippen molar-refractivity contribution in [2.75, 3.05) is 12.4 Å². The number of esters is 7. The summed E-state index contributed by atoms with van der Waals surface area (Å²) in [7, 11) is 0. The molecule has 0 amide bonds. The second-order valence-electron chi connectivity index (χ2n) is 10.3. The Morgan fingerprint density at radius 3 is 1.32 bits per heavy atom. The molecule has 0 radical (unpaired) electrons. The predicted octanol–water partition coefficient (Wildman–Crippen LogP) is -0.114. The largest absolute Gasteiger partial charge is 0.463 e. The van der Waals surface area contributed by atoms with E-state index in [0.29, 0.717) is 0 Å². The van der Waals surface area contributed by atoms with Gasteiger partial charge >= 0.3 is 41.8 Å². The summed E-state index contributed by atoms with van der Waals surface area (Å²) >= 11 is 0.770. The average molecular weight is 695 g/mol. The van der Waals surface area contributed by atoms with Gasteiger partial charge in [-0.3, -0.25) is 38.4 Å². The van der Waals surface area contributed by atoms with Crippen LogP contribution in [0.4, 0.5) is 0 Å². The summed E-state index contributed by atoms with van der Waals surface area (Å²) in [5.41, 5.74) is 0. The van der Waals surface area contributed by atoms with Gasteiger partial charge in [0.25, 0.3) is 0 Å². The maximum absolute atomic E-state index is 12.3. The van der Waals surface area contributed by atoms with E-state index in [1.54, 1.807) is 0 Å². The Hall–Kier alpha value is -3.81. The van der Waals surface area contributed by atoms with E-state index in [4.69, 9.17) is 47.4 Å². The molecule has 2 heterocycles. The van der Waals surface area contributed by atoms with Gasteiger partial charge < -0.3 is 47.4 Å². The van der Waals surface area contributed by atoms with Crippen LogP contribution in [-0.4, -0.2) is 121 Å². The normalized spacial score (nSPS) is 30.1. The zero-order chi connectivity index (χ0) is 35.6. The molecule has 264 valence electrons. The van der Waals surface area contributed by atoms with Crippen molar-refractivity contribution in [1.29, 1.82) is 0 Å². The smallest absolute Gasteiger partial charge is 0.305 e. The Bertz CT molecular complexity index is 1200. The Labute approximate surface area is 273 Å². The van der Waals surface area contributed by atoms with Crippen LogP contribution in [0.1, 0.15) is 55.4 Å². The molecule has 0 aliphatic carbocycles. The minimum atomic E-state index is -1.76. The maximum Gasteiger partial charge on any atom is 0.305 e. The number of ether oxygens (including phenoxy) is 10. The third-order valence-electron chi connectivity index (χ3n) is 6.17. The first-order valence-electron chi connectivity index (χ1n) is 14.2. The summed E-state index contributed by atoms with van der Waals surface area (Å²) in [6.07, 6.45) is -15.7. The lowest BCUT2D eigenvalue weighted by atomic mass is 9.96. The fraction of sp³-hybridized carbons (Fsp3) is 0.714. The predicted molar refractivity (Wildman–Crippen MR) is 152 cm³/mol. The number of rotatable bonds is 12. The van der Waals surface area contributed by atoms with Gasteiger partial charge in [0.1, 0.15) is 24.9 Å². The maximum atomic E-state index is 12.3. The zero-order valence-electron chi connectivity index (χ0n) is 26.9. The molecule has 0 saturated carbocycles. The van der Waals surface area contributed by atoms with E-state index < -0.39 is 110 Å². The van der Waals surface area contributed by atoms with Crippen LogP contribution in [0.25, 0.3) is 0 Å². The van der Waals surface area contributed by atoms with Gasteiger partial charge in [-0.15, -0.1) is 0 Å². The molecule has 0 unspecified atom stereocenters. The summed E-state index contributed by atoms with van der Waals surface area (Å²) in [6, 6.07) is 0. The summed E-state index contributed by atoms with van der Waals surface area (Å²) in [4.78, 5) is 96.6. The summed E-state index contributed by atoms with van der Waals surface area (Å²) in [5, 5.41) is -0.350. The van der Waals surface area contributed by atoms with Crippen molar-refractivity contribution < 1.29 is 85.7 Å². The van der Waals surface area contributed by atoms with E-state index in [9.17, 15) is 38.4 Å². The van der Waals surface area contributed by atoms with E-state index in [1.165, 1.54) is 6.92 Å². The Kier molecular flexibility index (Phi) is 15.0. The van der Waals surface area contributed by atoms with Gasteiger partial charge in [-0.05, 0) is 0 Å². The van der Waals surface area contributed by atoms with E-state index in [1.807, 2.05) is 0 Å². The molecule has 2 saturated heterocycles. The van der Waals surface area contributed by atoms with Crippen LogP contribution in [0, 0.1) is 0 Å². The first kappa shape index (κ1) is 39.4. The molecule has 2 aliphatic rings. The Morgan fingerprint density at radius 2 is 0.872 bits per heavy atom. The van der Waals surface area contributed by atoms with Crippen molar-refractivity contribution in [3.63, 3.8) is 0 Å². The minimum Gasteiger partial charge on any atom is -0.463 e. The Morgan fingerprint density at radius 1 is 0.468 bits per heavy atom. The molecule has 19 heteroatoms. The average Bonchev–Trinajstić information content (AvgIpc) is 2.91. The van der Waals surface area contributed by atoms with Crippen molar-refractivity contribution in [2.45, 2.75) is 117 Å². The molecule has 10 atom stereocenters. The van der Waals surface area contributed by atoms with Crippen LogP contribution in [-0.2, 0) is 85.7 Å². The third kappa shape index (κ3) is 12.4. The van der Waals surface area contributed by atoms with Crippen LogP contribution in [0.5, 0.6) is 0 Å². The minimum absolute atomic E-state index is 0.173. The van der Waals surface area contributed by atoms with E-state index in [-0.39, 0.29) is 10.9 Å². The highest BCUT2D eigenvalue weighted by molar-refractivity contribution is 8.13. The number of carbonyl (C=O) groups is 8. The molecule has 0 spiro atoms. The molecule has 47 heavy (non-hydrogen) atoms. The second-order valence-corrected chi connectivity index (χ2v) is 11.5. The fourth-order valence-corrected chi connectivity index (χ4v) is 5.40. The van der Waals surface area contributed by atoms with Crippen molar-refractivity contribution in [2.24, 2.45) is 0 Å².